The zero-order chi connectivity index (χ0) is 16.9. The van der Waals surface area contributed by atoms with Crippen molar-refractivity contribution in [2.24, 2.45) is 5.14 Å². The van der Waals surface area contributed by atoms with Crippen molar-refractivity contribution >= 4 is 49.5 Å². The van der Waals surface area contributed by atoms with Gasteiger partial charge in [-0.05, 0) is 42.0 Å². The predicted molar refractivity (Wildman–Crippen MR) is 95.0 cm³/mol. The van der Waals surface area contributed by atoms with E-state index in [2.05, 4.69) is 26.0 Å². The van der Waals surface area contributed by atoms with Gasteiger partial charge >= 0.3 is 0 Å². The lowest BCUT2D eigenvalue weighted by Gasteiger charge is -2.06. The minimum atomic E-state index is -3.85. The Morgan fingerprint density at radius 1 is 1.09 bits per heavy atom. The molecule has 0 aliphatic rings. The van der Waals surface area contributed by atoms with Gasteiger partial charge in [0.2, 0.25) is 5.91 Å². The average molecular weight is 396 g/mol. The van der Waals surface area contributed by atoms with Crippen molar-refractivity contribution < 1.29 is 13.2 Å². The number of hydrogen-bond donors (Lipinski definition) is 3. The van der Waals surface area contributed by atoms with E-state index in [1.165, 1.54) is 18.2 Å². The molecule has 0 aliphatic heterocycles. The van der Waals surface area contributed by atoms with Gasteiger partial charge in [-0.1, -0.05) is 34.1 Å². The molecule has 0 aliphatic carbocycles. The molecule has 0 heterocycles. The summed E-state index contributed by atoms with van der Waals surface area (Å²) < 4.78 is 25.1. The van der Waals surface area contributed by atoms with E-state index in [9.17, 15) is 13.2 Å². The Bertz CT molecular complexity index is 833. The fourth-order valence-electron chi connectivity index (χ4n) is 1.75. The maximum Gasteiger partial charge on any atom is 0.296 e. The van der Waals surface area contributed by atoms with Crippen molar-refractivity contribution in [3.63, 3.8) is 0 Å². The molecule has 8 heteroatoms. The van der Waals surface area contributed by atoms with Crippen molar-refractivity contribution in [1.29, 1.82) is 0 Å². The van der Waals surface area contributed by atoms with Crippen LogP contribution in [-0.2, 0) is 15.0 Å². The summed E-state index contributed by atoms with van der Waals surface area (Å²) in [5, 5.41) is 7.54. The summed E-state index contributed by atoms with van der Waals surface area (Å²) in [7, 11) is -3.85. The largest absolute Gasteiger partial charge is 0.322 e. The van der Waals surface area contributed by atoms with Crippen molar-refractivity contribution in [3.8, 4) is 0 Å². The lowest BCUT2D eigenvalue weighted by Crippen LogP contribution is -2.21. The van der Waals surface area contributed by atoms with Gasteiger partial charge in [0.05, 0.1) is 5.69 Å². The number of rotatable bonds is 5. The second-order valence-corrected chi connectivity index (χ2v) is 6.81. The van der Waals surface area contributed by atoms with Gasteiger partial charge in [-0.3, -0.25) is 9.52 Å². The van der Waals surface area contributed by atoms with E-state index in [0.717, 1.165) is 10.0 Å². The van der Waals surface area contributed by atoms with Gasteiger partial charge in [-0.15, -0.1) is 0 Å². The fourth-order valence-corrected chi connectivity index (χ4v) is 2.47. The molecular weight excluding hydrogens is 382 g/mol. The number of benzene rings is 2. The first-order valence-electron chi connectivity index (χ1n) is 6.47. The lowest BCUT2D eigenvalue weighted by atomic mass is 10.2. The van der Waals surface area contributed by atoms with Gasteiger partial charge in [-0.25, -0.2) is 5.14 Å². The minimum Gasteiger partial charge on any atom is -0.322 e. The highest BCUT2D eigenvalue weighted by molar-refractivity contribution is 9.10. The third-order valence-electron chi connectivity index (χ3n) is 2.69. The maximum atomic E-state index is 11.9. The second-order valence-electron chi connectivity index (χ2n) is 4.60. The molecule has 0 unspecified atom stereocenters. The van der Waals surface area contributed by atoms with Crippen LogP contribution in [0.2, 0.25) is 0 Å². The van der Waals surface area contributed by atoms with Crippen LogP contribution in [0, 0.1) is 0 Å². The highest BCUT2D eigenvalue weighted by atomic mass is 79.9. The number of amides is 1. The number of nitrogens with two attached hydrogens (primary N) is 1. The lowest BCUT2D eigenvalue weighted by molar-refractivity contribution is -0.111. The summed E-state index contributed by atoms with van der Waals surface area (Å²) in [4.78, 5) is 11.9. The van der Waals surface area contributed by atoms with Crippen LogP contribution in [0.1, 0.15) is 5.56 Å². The minimum absolute atomic E-state index is 0.266. The summed E-state index contributed by atoms with van der Waals surface area (Å²) in [5.74, 6) is -0.333. The first-order valence-corrected chi connectivity index (χ1v) is 8.81. The molecule has 120 valence electrons. The number of carbonyl (C=O) groups excluding carboxylic acids is 1. The van der Waals surface area contributed by atoms with E-state index < -0.39 is 10.2 Å². The van der Waals surface area contributed by atoms with Crippen molar-refractivity contribution in [2.45, 2.75) is 0 Å². The molecule has 1 amide bonds. The Kier molecular flexibility index (Phi) is 5.54. The van der Waals surface area contributed by atoms with E-state index in [1.807, 2.05) is 24.3 Å². The van der Waals surface area contributed by atoms with E-state index in [-0.39, 0.29) is 11.6 Å². The predicted octanol–water partition coefficient (Wildman–Crippen LogP) is 2.72. The molecule has 23 heavy (non-hydrogen) atoms. The molecule has 0 fully saturated rings. The van der Waals surface area contributed by atoms with Crippen molar-refractivity contribution in [1.82, 2.24) is 0 Å². The molecule has 2 aromatic rings. The van der Waals surface area contributed by atoms with E-state index in [0.29, 0.717) is 5.69 Å². The Labute approximate surface area is 142 Å². The standard InChI is InChI=1S/C15H14BrN3O3S/c16-12-7-4-11(5-8-12)6-9-15(20)18-13-2-1-3-14(10-13)19-23(17,21)22/h1-10,19H,(H,18,20)(H2,17,21,22)/b9-6+. The number of anilines is 2. The second kappa shape index (κ2) is 7.40. The average Bonchev–Trinajstić information content (AvgIpc) is 2.45. The number of carbonyl (C=O) groups is 1. The third-order valence-corrected chi connectivity index (χ3v) is 3.74. The zero-order valence-electron chi connectivity index (χ0n) is 11.9. The van der Waals surface area contributed by atoms with Crippen LogP contribution in [-0.4, -0.2) is 14.3 Å². The highest BCUT2D eigenvalue weighted by Gasteiger charge is 2.04. The molecular formula is C15H14BrN3O3S. The van der Waals surface area contributed by atoms with Crippen LogP contribution in [0.4, 0.5) is 11.4 Å². The summed E-state index contributed by atoms with van der Waals surface area (Å²) >= 11 is 3.34. The smallest absolute Gasteiger partial charge is 0.296 e. The van der Waals surface area contributed by atoms with Crippen LogP contribution >= 0.6 is 15.9 Å². The molecule has 4 N–H and O–H groups in total. The molecule has 0 aromatic heterocycles. The third kappa shape index (κ3) is 6.23. The van der Waals surface area contributed by atoms with Crippen LogP contribution < -0.4 is 15.2 Å². The number of hydrogen-bond acceptors (Lipinski definition) is 3. The molecule has 6 nitrogen and oxygen atoms in total. The summed E-state index contributed by atoms with van der Waals surface area (Å²) in [6, 6.07) is 13.7. The number of halogens is 1. The first-order chi connectivity index (χ1) is 10.8. The maximum absolute atomic E-state index is 11.9. The molecule has 0 spiro atoms. The summed E-state index contributed by atoms with van der Waals surface area (Å²) in [6.07, 6.45) is 3.07. The summed E-state index contributed by atoms with van der Waals surface area (Å²) in [5.41, 5.74) is 1.60. The van der Waals surface area contributed by atoms with Crippen molar-refractivity contribution in [3.05, 3.63) is 64.6 Å². The van der Waals surface area contributed by atoms with Crippen LogP contribution in [0.15, 0.2) is 59.1 Å². The Morgan fingerprint density at radius 3 is 2.39 bits per heavy atom. The Morgan fingerprint density at radius 2 is 1.74 bits per heavy atom. The fraction of sp³-hybridized carbons (Fsp3) is 0. The molecule has 2 rings (SSSR count). The van der Waals surface area contributed by atoms with Gasteiger partial charge in [0, 0.05) is 16.2 Å². The summed E-state index contributed by atoms with van der Waals surface area (Å²) in [6.45, 7) is 0. The van der Waals surface area contributed by atoms with Crippen LogP contribution in [0.5, 0.6) is 0 Å². The zero-order valence-corrected chi connectivity index (χ0v) is 14.3. The normalized spacial score (nSPS) is 11.4. The number of nitrogens with one attached hydrogen (secondary N) is 2. The highest BCUT2D eigenvalue weighted by Crippen LogP contribution is 2.16. The van der Waals surface area contributed by atoms with Gasteiger partial charge in [0.25, 0.3) is 10.2 Å². The first kappa shape index (κ1) is 17.2. The monoisotopic (exact) mass is 395 g/mol. The van der Waals surface area contributed by atoms with E-state index in [1.54, 1.807) is 18.2 Å². The van der Waals surface area contributed by atoms with Gasteiger partial charge < -0.3 is 5.32 Å². The van der Waals surface area contributed by atoms with Crippen LogP contribution in [0.25, 0.3) is 6.08 Å². The van der Waals surface area contributed by atoms with E-state index in [4.69, 9.17) is 5.14 Å². The Balaban J connectivity index is 2.02. The molecule has 0 saturated carbocycles. The van der Waals surface area contributed by atoms with Crippen LogP contribution in [0.3, 0.4) is 0 Å². The Hall–Kier alpha value is -2.16. The van der Waals surface area contributed by atoms with E-state index >= 15 is 0 Å². The molecule has 0 bridgehead atoms. The molecule has 0 atom stereocenters. The molecule has 0 saturated heterocycles. The molecule has 0 radical (unpaired) electrons. The van der Waals surface area contributed by atoms with Gasteiger partial charge in [-0.2, -0.15) is 8.42 Å². The van der Waals surface area contributed by atoms with Gasteiger partial charge in [0.15, 0.2) is 0 Å². The van der Waals surface area contributed by atoms with Gasteiger partial charge in [0.1, 0.15) is 0 Å². The quantitative estimate of drug-likeness (QED) is 0.678. The SMILES string of the molecule is NS(=O)(=O)Nc1cccc(NC(=O)/C=C/c2ccc(Br)cc2)c1. The topological polar surface area (TPSA) is 101 Å². The van der Waals surface area contributed by atoms with Crippen molar-refractivity contribution in [2.75, 3.05) is 10.0 Å². The molecule has 2 aromatic carbocycles.